The molecule has 2 aliphatic heterocycles. The van der Waals surface area contributed by atoms with Crippen LogP contribution in [0.4, 0.5) is 11.4 Å². The van der Waals surface area contributed by atoms with E-state index >= 15 is 0 Å². The number of anilines is 2. The fourth-order valence-corrected chi connectivity index (χ4v) is 3.81. The van der Waals surface area contributed by atoms with Crippen LogP contribution in [0.25, 0.3) is 0 Å². The van der Waals surface area contributed by atoms with Gasteiger partial charge in [0.2, 0.25) is 11.8 Å². The molecule has 8 nitrogen and oxygen atoms in total. The van der Waals surface area contributed by atoms with Gasteiger partial charge in [-0.25, -0.2) is 5.01 Å². The second kappa shape index (κ2) is 8.77. The van der Waals surface area contributed by atoms with Gasteiger partial charge < -0.3 is 10.2 Å². The standard InChI is InChI=1S/C22H21ClN4O4/c23-15-5-8-17(22(31)26-11-1-2-12-26)18(13-15)24-21(30)14-3-6-16(7-4-14)27-20(29)10-9-19(28)25-27/h3-8,13H,1-2,9-12H2,(H,24,30)(H,25,28). The Kier molecular flexibility index (Phi) is 5.90. The number of amides is 4. The largest absolute Gasteiger partial charge is 0.339 e. The number of nitrogens with one attached hydrogen (secondary N) is 2. The van der Waals surface area contributed by atoms with Crippen LogP contribution in [0, 0.1) is 0 Å². The number of hydrogen-bond acceptors (Lipinski definition) is 4. The zero-order chi connectivity index (χ0) is 22.0. The third-order valence-electron chi connectivity index (χ3n) is 5.29. The molecule has 0 unspecified atom stereocenters. The van der Waals surface area contributed by atoms with E-state index in [0.29, 0.717) is 40.6 Å². The molecule has 31 heavy (non-hydrogen) atoms. The van der Waals surface area contributed by atoms with E-state index in [0.717, 1.165) is 12.8 Å². The molecule has 4 amide bonds. The summed E-state index contributed by atoms with van der Waals surface area (Å²) >= 11 is 6.09. The zero-order valence-electron chi connectivity index (χ0n) is 16.7. The van der Waals surface area contributed by atoms with Gasteiger partial charge in [-0.15, -0.1) is 0 Å². The van der Waals surface area contributed by atoms with Crippen molar-refractivity contribution in [3.8, 4) is 0 Å². The Labute approximate surface area is 184 Å². The van der Waals surface area contributed by atoms with Gasteiger partial charge in [-0.05, 0) is 55.3 Å². The normalized spacial score (nSPS) is 16.3. The van der Waals surface area contributed by atoms with Crippen LogP contribution in [-0.2, 0) is 9.59 Å². The maximum absolute atomic E-state index is 12.8. The molecular formula is C22H21ClN4O4. The highest BCUT2D eigenvalue weighted by molar-refractivity contribution is 6.31. The van der Waals surface area contributed by atoms with Gasteiger partial charge in [-0.3, -0.25) is 24.6 Å². The van der Waals surface area contributed by atoms with E-state index in [1.165, 1.54) is 5.01 Å². The summed E-state index contributed by atoms with van der Waals surface area (Å²) in [6.45, 7) is 1.39. The van der Waals surface area contributed by atoms with Crippen LogP contribution in [0.15, 0.2) is 42.5 Å². The fraction of sp³-hybridized carbons (Fsp3) is 0.273. The van der Waals surface area contributed by atoms with Gasteiger partial charge in [0, 0.05) is 36.5 Å². The minimum Gasteiger partial charge on any atom is -0.339 e. The van der Waals surface area contributed by atoms with Gasteiger partial charge >= 0.3 is 0 Å². The maximum atomic E-state index is 12.8. The van der Waals surface area contributed by atoms with Gasteiger partial charge in [0.05, 0.1) is 16.9 Å². The van der Waals surface area contributed by atoms with Crippen molar-refractivity contribution in [2.24, 2.45) is 0 Å². The third kappa shape index (κ3) is 4.54. The average Bonchev–Trinajstić information content (AvgIpc) is 3.30. The monoisotopic (exact) mass is 440 g/mol. The molecule has 2 aromatic rings. The number of likely N-dealkylation sites (tertiary alicyclic amines) is 1. The molecule has 2 heterocycles. The van der Waals surface area contributed by atoms with Crippen LogP contribution >= 0.6 is 11.6 Å². The SMILES string of the molecule is O=C1CCC(=O)N(c2ccc(C(=O)Nc3cc(Cl)ccc3C(=O)N3CCCC3)cc2)N1. The summed E-state index contributed by atoms with van der Waals surface area (Å²) in [5.74, 6) is -1.02. The molecular weight excluding hydrogens is 420 g/mol. The summed E-state index contributed by atoms with van der Waals surface area (Å²) in [6.07, 6.45) is 2.23. The van der Waals surface area contributed by atoms with Crippen LogP contribution < -0.4 is 15.8 Å². The molecule has 160 valence electrons. The Morgan fingerprint density at radius 3 is 2.39 bits per heavy atom. The van der Waals surface area contributed by atoms with E-state index in [1.807, 2.05) is 0 Å². The van der Waals surface area contributed by atoms with Crippen LogP contribution in [0.3, 0.4) is 0 Å². The molecule has 2 saturated heterocycles. The average molecular weight is 441 g/mol. The molecule has 2 aliphatic rings. The Bertz CT molecular complexity index is 1050. The van der Waals surface area contributed by atoms with E-state index in [4.69, 9.17) is 11.6 Å². The van der Waals surface area contributed by atoms with Crippen molar-refractivity contribution in [1.29, 1.82) is 0 Å². The minimum absolute atomic E-state index is 0.136. The second-order valence-electron chi connectivity index (χ2n) is 7.45. The minimum atomic E-state index is -0.418. The highest BCUT2D eigenvalue weighted by Gasteiger charge is 2.25. The topological polar surface area (TPSA) is 98.8 Å². The molecule has 0 spiro atoms. The zero-order valence-corrected chi connectivity index (χ0v) is 17.4. The lowest BCUT2D eigenvalue weighted by atomic mass is 10.1. The summed E-state index contributed by atoms with van der Waals surface area (Å²) in [6, 6.07) is 11.0. The summed E-state index contributed by atoms with van der Waals surface area (Å²) in [7, 11) is 0. The van der Waals surface area contributed by atoms with E-state index in [2.05, 4.69) is 10.7 Å². The third-order valence-corrected chi connectivity index (χ3v) is 5.53. The van der Waals surface area contributed by atoms with Crippen molar-refractivity contribution in [3.05, 3.63) is 58.6 Å². The van der Waals surface area contributed by atoms with Crippen molar-refractivity contribution in [2.45, 2.75) is 25.7 Å². The summed E-state index contributed by atoms with van der Waals surface area (Å²) in [4.78, 5) is 51.0. The highest BCUT2D eigenvalue weighted by atomic mass is 35.5. The molecule has 2 fully saturated rings. The van der Waals surface area contributed by atoms with Crippen molar-refractivity contribution >= 4 is 46.6 Å². The smallest absolute Gasteiger partial charge is 0.255 e. The van der Waals surface area contributed by atoms with Crippen molar-refractivity contribution in [1.82, 2.24) is 10.3 Å². The van der Waals surface area contributed by atoms with Gasteiger partial charge in [0.15, 0.2) is 0 Å². The molecule has 0 bridgehead atoms. The van der Waals surface area contributed by atoms with Gasteiger partial charge in [-0.2, -0.15) is 0 Å². The number of carbonyl (C=O) groups excluding carboxylic acids is 4. The number of halogens is 1. The molecule has 0 radical (unpaired) electrons. The predicted octanol–water partition coefficient (Wildman–Crippen LogP) is 2.99. The number of nitrogens with zero attached hydrogens (tertiary/aromatic N) is 2. The van der Waals surface area contributed by atoms with E-state index in [-0.39, 0.29) is 30.6 Å². The number of carbonyl (C=O) groups is 4. The van der Waals surface area contributed by atoms with Crippen molar-refractivity contribution < 1.29 is 19.2 Å². The number of hydrogen-bond donors (Lipinski definition) is 2. The van der Waals surface area contributed by atoms with Gasteiger partial charge in [0.25, 0.3) is 11.8 Å². The van der Waals surface area contributed by atoms with E-state index < -0.39 is 5.91 Å². The first-order valence-electron chi connectivity index (χ1n) is 10.0. The Morgan fingerprint density at radius 2 is 1.68 bits per heavy atom. The lowest BCUT2D eigenvalue weighted by Crippen LogP contribution is -2.50. The lowest BCUT2D eigenvalue weighted by molar-refractivity contribution is -0.130. The molecule has 0 atom stereocenters. The first-order chi connectivity index (χ1) is 14.9. The first kappa shape index (κ1) is 20.9. The fourth-order valence-electron chi connectivity index (χ4n) is 3.64. The summed E-state index contributed by atoms with van der Waals surface area (Å²) in [5.41, 5.74) is 4.04. The highest BCUT2D eigenvalue weighted by Crippen LogP contribution is 2.25. The first-order valence-corrected chi connectivity index (χ1v) is 10.4. The molecule has 0 aliphatic carbocycles. The van der Waals surface area contributed by atoms with Crippen LogP contribution in [0.2, 0.25) is 5.02 Å². The predicted molar refractivity (Wildman–Crippen MR) is 116 cm³/mol. The number of benzene rings is 2. The molecule has 9 heteroatoms. The molecule has 2 aromatic carbocycles. The molecule has 0 aromatic heterocycles. The molecule has 4 rings (SSSR count). The second-order valence-corrected chi connectivity index (χ2v) is 7.89. The van der Waals surface area contributed by atoms with E-state index in [9.17, 15) is 19.2 Å². The molecule has 0 saturated carbocycles. The van der Waals surface area contributed by atoms with Gasteiger partial charge in [0.1, 0.15) is 0 Å². The molecule has 2 N–H and O–H groups in total. The van der Waals surface area contributed by atoms with Crippen LogP contribution in [-0.4, -0.2) is 41.6 Å². The number of rotatable bonds is 4. The lowest BCUT2D eigenvalue weighted by Gasteiger charge is -2.27. The summed E-state index contributed by atoms with van der Waals surface area (Å²) < 4.78 is 0. The number of hydrazine groups is 1. The quantitative estimate of drug-likeness (QED) is 0.763. The Hall–Kier alpha value is -3.39. The Morgan fingerprint density at radius 1 is 0.968 bits per heavy atom. The van der Waals surface area contributed by atoms with Crippen molar-refractivity contribution in [3.63, 3.8) is 0 Å². The van der Waals surface area contributed by atoms with Gasteiger partial charge in [-0.1, -0.05) is 11.6 Å². The maximum Gasteiger partial charge on any atom is 0.255 e. The summed E-state index contributed by atoms with van der Waals surface area (Å²) in [5, 5.41) is 4.35. The van der Waals surface area contributed by atoms with E-state index in [1.54, 1.807) is 47.4 Å². The van der Waals surface area contributed by atoms with Crippen LogP contribution in [0.1, 0.15) is 46.4 Å². The Balaban J connectivity index is 1.52. The van der Waals surface area contributed by atoms with Crippen molar-refractivity contribution in [2.75, 3.05) is 23.4 Å². The van der Waals surface area contributed by atoms with Crippen LogP contribution in [0.5, 0.6) is 0 Å².